The SMILES string of the molecule is CC(C)[C@H](NC(=O)c1ccc2ccccc2n1)C1=CC(Cc2ccccc2)(C(=O)N[C@@H](CC(=O)OC(C)(C)C)C(=O)COC(=O)c2c(Cl)cccc2Cl)ON1. The Labute approximate surface area is 328 Å². The van der Waals surface area contributed by atoms with Crippen LogP contribution in [-0.2, 0) is 35.1 Å². The molecule has 0 spiro atoms. The van der Waals surface area contributed by atoms with E-state index >= 15 is 0 Å². The summed E-state index contributed by atoms with van der Waals surface area (Å²) in [4.78, 5) is 78.2. The summed E-state index contributed by atoms with van der Waals surface area (Å²) in [5, 5.41) is 6.59. The summed E-state index contributed by atoms with van der Waals surface area (Å²) in [7, 11) is 0. The lowest BCUT2D eigenvalue weighted by atomic mass is 9.90. The maximum atomic E-state index is 14.4. The van der Waals surface area contributed by atoms with Gasteiger partial charge in [0.05, 0.1) is 39.3 Å². The summed E-state index contributed by atoms with van der Waals surface area (Å²) in [6.07, 6.45) is 0.970. The van der Waals surface area contributed by atoms with Gasteiger partial charge in [0.15, 0.2) is 18.0 Å². The van der Waals surface area contributed by atoms with Crippen LogP contribution in [0, 0.1) is 5.92 Å². The van der Waals surface area contributed by atoms with E-state index in [0.29, 0.717) is 16.8 Å². The summed E-state index contributed by atoms with van der Waals surface area (Å²) in [6, 6.07) is 22.2. The Hall–Kier alpha value is -5.30. The fraction of sp³-hybridized carbons (Fsp3) is 0.317. The summed E-state index contributed by atoms with van der Waals surface area (Å²) in [5.41, 5.74) is 2.01. The number of hydroxylamine groups is 1. The molecule has 0 bridgehead atoms. The number of nitrogens with zero attached hydrogens (tertiary/aromatic N) is 1. The molecule has 288 valence electrons. The third kappa shape index (κ3) is 10.5. The number of fused-ring (bicyclic) bond motifs is 1. The molecule has 14 heteroatoms. The van der Waals surface area contributed by atoms with Crippen molar-refractivity contribution in [2.24, 2.45) is 5.92 Å². The van der Waals surface area contributed by atoms with E-state index in [2.05, 4.69) is 21.1 Å². The van der Waals surface area contributed by atoms with Gasteiger partial charge < -0.3 is 20.1 Å². The van der Waals surface area contributed by atoms with Crippen molar-refractivity contribution in [3.05, 3.63) is 124 Å². The highest BCUT2D eigenvalue weighted by Crippen LogP contribution is 2.30. The van der Waals surface area contributed by atoms with Crippen molar-refractivity contribution in [2.75, 3.05) is 6.61 Å². The van der Waals surface area contributed by atoms with Crippen LogP contribution in [0.15, 0.2) is 96.7 Å². The highest BCUT2D eigenvalue weighted by atomic mass is 35.5. The molecule has 5 rings (SSSR count). The van der Waals surface area contributed by atoms with Crippen LogP contribution < -0.4 is 16.1 Å². The molecule has 1 unspecified atom stereocenters. The Morgan fingerprint density at radius 1 is 0.873 bits per heavy atom. The molecule has 0 saturated heterocycles. The van der Waals surface area contributed by atoms with Gasteiger partial charge in [-0.15, -0.1) is 0 Å². The molecule has 0 radical (unpaired) electrons. The summed E-state index contributed by atoms with van der Waals surface area (Å²) >= 11 is 12.3. The van der Waals surface area contributed by atoms with Gasteiger partial charge in [0.1, 0.15) is 17.3 Å². The van der Waals surface area contributed by atoms with Crippen molar-refractivity contribution in [2.45, 2.75) is 70.7 Å². The standard InChI is InChI=1S/C41H42Cl2N4O8/c1-24(2)36(46-37(50)30-19-18-26-14-9-10-17-29(26)44-30)32-22-41(55-47-32,21-25-12-7-6-8-13-25)39(52)45-31(20-34(49)54-40(3,4)5)33(48)23-53-38(51)35-27(42)15-11-16-28(35)43/h6-19,22,24,31,36,47H,20-21,23H2,1-5H3,(H,45,52)(H,46,50)/t31-,36-,41?/m0/s1. The number of carbonyl (C=O) groups is 5. The van der Waals surface area contributed by atoms with E-state index < -0.39 is 65.8 Å². The smallest absolute Gasteiger partial charge is 0.341 e. The molecule has 1 aliphatic heterocycles. The molecule has 0 aliphatic carbocycles. The minimum absolute atomic E-state index is 0.00545. The molecule has 0 fully saturated rings. The van der Waals surface area contributed by atoms with Gasteiger partial charge in [-0.3, -0.25) is 29.5 Å². The first-order chi connectivity index (χ1) is 26.0. The minimum atomic E-state index is -1.77. The van der Waals surface area contributed by atoms with Crippen molar-refractivity contribution in [1.29, 1.82) is 0 Å². The van der Waals surface area contributed by atoms with Crippen LogP contribution in [0.3, 0.4) is 0 Å². The number of hydrogen-bond acceptors (Lipinski definition) is 10. The van der Waals surface area contributed by atoms with E-state index in [4.69, 9.17) is 37.5 Å². The van der Waals surface area contributed by atoms with Gasteiger partial charge in [-0.1, -0.05) is 97.7 Å². The maximum absolute atomic E-state index is 14.4. The number of ketones is 1. The molecule has 4 aromatic rings. The second-order valence-electron chi connectivity index (χ2n) is 14.4. The molecule has 55 heavy (non-hydrogen) atoms. The highest BCUT2D eigenvalue weighted by Gasteiger charge is 2.46. The Morgan fingerprint density at radius 2 is 1.55 bits per heavy atom. The molecule has 1 aromatic heterocycles. The minimum Gasteiger partial charge on any atom is -0.460 e. The first-order valence-electron chi connectivity index (χ1n) is 17.6. The number of carbonyl (C=O) groups excluding carboxylic acids is 5. The second kappa shape index (κ2) is 17.4. The number of para-hydroxylation sites is 1. The van der Waals surface area contributed by atoms with E-state index in [1.165, 1.54) is 12.1 Å². The number of amides is 2. The third-order valence-corrected chi connectivity index (χ3v) is 9.18. The number of nitrogens with one attached hydrogen (secondary N) is 3. The van der Waals surface area contributed by atoms with Crippen molar-refractivity contribution < 1.29 is 38.3 Å². The maximum Gasteiger partial charge on any atom is 0.341 e. The van der Waals surface area contributed by atoms with E-state index in [9.17, 15) is 24.0 Å². The highest BCUT2D eigenvalue weighted by molar-refractivity contribution is 6.39. The van der Waals surface area contributed by atoms with E-state index in [1.807, 2.05) is 50.2 Å². The van der Waals surface area contributed by atoms with Gasteiger partial charge in [-0.05, 0) is 62.6 Å². The van der Waals surface area contributed by atoms with E-state index in [-0.39, 0.29) is 33.6 Å². The van der Waals surface area contributed by atoms with Crippen LogP contribution in [0.4, 0.5) is 0 Å². The lowest BCUT2D eigenvalue weighted by molar-refractivity contribution is -0.157. The molecule has 2 heterocycles. The Bertz CT molecular complexity index is 2100. The number of ether oxygens (including phenoxy) is 2. The normalized spacial score (nSPS) is 16.4. The third-order valence-electron chi connectivity index (χ3n) is 8.55. The van der Waals surface area contributed by atoms with Crippen molar-refractivity contribution in [3.63, 3.8) is 0 Å². The molecular weight excluding hydrogens is 747 g/mol. The monoisotopic (exact) mass is 788 g/mol. The fourth-order valence-corrected chi connectivity index (χ4v) is 6.43. The summed E-state index contributed by atoms with van der Waals surface area (Å²) in [6.45, 7) is 7.94. The van der Waals surface area contributed by atoms with Gasteiger partial charge in [-0.2, -0.15) is 0 Å². The first kappa shape index (κ1) is 40.9. The largest absolute Gasteiger partial charge is 0.460 e. The van der Waals surface area contributed by atoms with Crippen LogP contribution in [0.25, 0.3) is 10.9 Å². The lowest BCUT2D eigenvalue weighted by Gasteiger charge is -2.28. The van der Waals surface area contributed by atoms with Gasteiger partial charge in [0.2, 0.25) is 0 Å². The number of hydrogen-bond donors (Lipinski definition) is 3. The number of benzene rings is 3. The first-order valence-corrected chi connectivity index (χ1v) is 18.3. The zero-order valence-corrected chi connectivity index (χ0v) is 32.5. The van der Waals surface area contributed by atoms with Crippen molar-refractivity contribution in [1.82, 2.24) is 21.1 Å². The average molecular weight is 790 g/mol. The van der Waals surface area contributed by atoms with Crippen LogP contribution in [-0.4, -0.2) is 64.4 Å². The molecule has 12 nitrogen and oxygen atoms in total. The number of rotatable bonds is 14. The Morgan fingerprint density at radius 3 is 2.22 bits per heavy atom. The van der Waals surface area contributed by atoms with Crippen molar-refractivity contribution in [3.8, 4) is 0 Å². The predicted octanol–water partition coefficient (Wildman–Crippen LogP) is 6.34. The molecule has 3 aromatic carbocycles. The molecule has 2 amide bonds. The lowest BCUT2D eigenvalue weighted by Crippen LogP contribution is -2.54. The van der Waals surface area contributed by atoms with E-state index in [1.54, 1.807) is 63.2 Å². The number of esters is 2. The zero-order valence-electron chi connectivity index (χ0n) is 31.0. The van der Waals surface area contributed by atoms with Gasteiger partial charge in [-0.25, -0.2) is 9.78 Å². The zero-order chi connectivity index (χ0) is 39.9. The second-order valence-corrected chi connectivity index (χ2v) is 15.2. The number of pyridine rings is 1. The van der Waals surface area contributed by atoms with Gasteiger partial charge in [0, 0.05) is 11.8 Å². The van der Waals surface area contributed by atoms with Crippen LogP contribution in [0.5, 0.6) is 0 Å². The van der Waals surface area contributed by atoms with E-state index in [0.717, 1.165) is 5.39 Å². The Balaban J connectivity index is 1.42. The van der Waals surface area contributed by atoms with Crippen molar-refractivity contribution >= 4 is 63.6 Å². The van der Waals surface area contributed by atoms with Crippen LogP contribution in [0.2, 0.25) is 10.0 Å². The topological polar surface area (TPSA) is 162 Å². The Kier molecular flexibility index (Phi) is 13.0. The summed E-state index contributed by atoms with van der Waals surface area (Å²) in [5.74, 6) is -3.97. The fourth-order valence-electron chi connectivity index (χ4n) is 5.88. The van der Waals surface area contributed by atoms with Crippen LogP contribution >= 0.6 is 23.2 Å². The molecule has 3 atom stereocenters. The van der Waals surface area contributed by atoms with Gasteiger partial charge in [0.25, 0.3) is 11.8 Å². The quantitative estimate of drug-likeness (QED) is 0.123. The number of halogens is 2. The predicted molar refractivity (Wildman–Crippen MR) is 207 cm³/mol. The number of Topliss-reactive ketones (excluding diaryl/α,β-unsaturated/α-hetero) is 1. The molecular formula is C41H42Cl2N4O8. The van der Waals surface area contributed by atoms with Gasteiger partial charge >= 0.3 is 11.9 Å². The average Bonchev–Trinajstić information content (AvgIpc) is 3.56. The molecule has 3 N–H and O–H groups in total. The number of aromatic nitrogens is 1. The summed E-state index contributed by atoms with van der Waals surface area (Å²) < 4.78 is 10.7. The molecule has 1 aliphatic rings. The molecule has 0 saturated carbocycles. The van der Waals surface area contributed by atoms with Crippen LogP contribution in [0.1, 0.15) is 67.4 Å².